The van der Waals surface area contributed by atoms with E-state index in [1.165, 1.54) is 0 Å². The Kier molecular flexibility index (Phi) is 4.25. The number of nitrogens with one attached hydrogen (secondary N) is 1. The first-order valence-corrected chi connectivity index (χ1v) is 5.79. The summed E-state index contributed by atoms with van der Waals surface area (Å²) in [6.45, 7) is 0.297. The Morgan fingerprint density at radius 3 is 2.94 bits per heavy atom. The highest BCUT2D eigenvalue weighted by molar-refractivity contribution is 6.30. The maximum atomic E-state index is 11.5. The number of halogens is 1. The van der Waals surface area contributed by atoms with E-state index in [1.807, 2.05) is 0 Å². The molecule has 2 rings (SSSR count). The number of carbonyl (C=O) groups excluding carboxylic acids is 1. The molecule has 0 bridgehead atoms. The number of benzene rings is 1. The second-order valence-electron chi connectivity index (χ2n) is 3.60. The molecule has 0 fully saturated rings. The molecule has 0 spiro atoms. The van der Waals surface area contributed by atoms with Gasteiger partial charge in [0.05, 0.1) is 12.8 Å². The first-order valence-electron chi connectivity index (χ1n) is 5.41. The van der Waals surface area contributed by atoms with Gasteiger partial charge in [0.1, 0.15) is 11.5 Å². The van der Waals surface area contributed by atoms with E-state index in [0.29, 0.717) is 23.1 Å². The molecule has 0 saturated carbocycles. The van der Waals surface area contributed by atoms with Crippen LogP contribution < -0.4 is 10.1 Å². The van der Waals surface area contributed by atoms with Crippen LogP contribution in [0.1, 0.15) is 5.76 Å². The van der Waals surface area contributed by atoms with Gasteiger partial charge < -0.3 is 14.5 Å². The van der Waals surface area contributed by atoms with E-state index in [-0.39, 0.29) is 12.5 Å². The van der Waals surface area contributed by atoms with Crippen LogP contribution in [0.4, 0.5) is 0 Å². The molecule has 4 nitrogen and oxygen atoms in total. The van der Waals surface area contributed by atoms with E-state index in [4.69, 9.17) is 20.8 Å². The molecule has 0 saturated heterocycles. The number of hydrogen-bond acceptors (Lipinski definition) is 3. The zero-order chi connectivity index (χ0) is 12.8. The first kappa shape index (κ1) is 12.5. The third kappa shape index (κ3) is 3.82. The largest absolute Gasteiger partial charge is 0.484 e. The smallest absolute Gasteiger partial charge is 0.258 e. The number of furan rings is 1. The molecule has 1 heterocycles. The Balaban J connectivity index is 1.75. The molecule has 5 heteroatoms. The number of hydrogen-bond donors (Lipinski definition) is 1. The Morgan fingerprint density at radius 1 is 1.33 bits per heavy atom. The molecular weight excluding hydrogens is 254 g/mol. The molecule has 0 aliphatic rings. The van der Waals surface area contributed by atoms with Crippen molar-refractivity contribution >= 4 is 17.5 Å². The second kappa shape index (κ2) is 6.12. The van der Waals surface area contributed by atoms with Gasteiger partial charge in [0, 0.05) is 5.02 Å². The number of rotatable bonds is 5. The lowest BCUT2D eigenvalue weighted by Crippen LogP contribution is -2.28. The third-order valence-corrected chi connectivity index (χ3v) is 2.44. The highest BCUT2D eigenvalue weighted by atomic mass is 35.5. The molecule has 0 unspecified atom stereocenters. The van der Waals surface area contributed by atoms with Gasteiger partial charge in [-0.1, -0.05) is 17.7 Å². The van der Waals surface area contributed by atoms with Gasteiger partial charge in [0.2, 0.25) is 0 Å². The number of ether oxygens (including phenoxy) is 1. The predicted molar refractivity (Wildman–Crippen MR) is 67.5 cm³/mol. The molecule has 0 aliphatic heterocycles. The quantitative estimate of drug-likeness (QED) is 0.904. The van der Waals surface area contributed by atoms with Crippen LogP contribution in [0.3, 0.4) is 0 Å². The van der Waals surface area contributed by atoms with Gasteiger partial charge in [-0.2, -0.15) is 0 Å². The van der Waals surface area contributed by atoms with E-state index >= 15 is 0 Å². The van der Waals surface area contributed by atoms with Crippen molar-refractivity contribution < 1.29 is 13.9 Å². The molecule has 18 heavy (non-hydrogen) atoms. The monoisotopic (exact) mass is 265 g/mol. The Hall–Kier alpha value is -1.94. The fourth-order valence-electron chi connectivity index (χ4n) is 1.36. The van der Waals surface area contributed by atoms with Crippen LogP contribution in [0, 0.1) is 0 Å². The van der Waals surface area contributed by atoms with E-state index in [2.05, 4.69) is 5.32 Å². The van der Waals surface area contributed by atoms with Crippen LogP contribution in [0.15, 0.2) is 47.1 Å². The Labute approximate surface area is 110 Å². The fourth-order valence-corrected chi connectivity index (χ4v) is 1.54. The molecule has 1 aromatic heterocycles. The molecule has 1 aromatic carbocycles. The summed E-state index contributed by atoms with van der Waals surface area (Å²) in [5.41, 5.74) is 0. The summed E-state index contributed by atoms with van der Waals surface area (Å²) >= 11 is 5.80. The van der Waals surface area contributed by atoms with Crippen molar-refractivity contribution in [3.8, 4) is 5.75 Å². The lowest BCUT2D eigenvalue weighted by molar-refractivity contribution is -0.123. The van der Waals surface area contributed by atoms with Gasteiger partial charge in [-0.05, 0) is 30.3 Å². The second-order valence-corrected chi connectivity index (χ2v) is 4.04. The normalized spacial score (nSPS) is 10.1. The maximum Gasteiger partial charge on any atom is 0.258 e. The van der Waals surface area contributed by atoms with Crippen LogP contribution >= 0.6 is 11.6 Å². The average Bonchev–Trinajstić information content (AvgIpc) is 2.87. The Morgan fingerprint density at radius 2 is 2.22 bits per heavy atom. The minimum Gasteiger partial charge on any atom is -0.484 e. The van der Waals surface area contributed by atoms with Gasteiger partial charge in [0.25, 0.3) is 5.91 Å². The molecule has 2 aromatic rings. The van der Waals surface area contributed by atoms with Gasteiger partial charge >= 0.3 is 0 Å². The molecular formula is C13H12ClNO3. The van der Waals surface area contributed by atoms with Gasteiger partial charge in [-0.15, -0.1) is 0 Å². The lowest BCUT2D eigenvalue weighted by atomic mass is 10.3. The summed E-state index contributed by atoms with van der Waals surface area (Å²) in [5.74, 6) is 1.05. The lowest BCUT2D eigenvalue weighted by Gasteiger charge is -2.06. The predicted octanol–water partition coefficient (Wildman–Crippen LogP) is 2.63. The average molecular weight is 266 g/mol. The molecule has 0 aliphatic carbocycles. The SMILES string of the molecule is O=C(COc1cccc(Cl)c1)NCc1ccco1. The highest BCUT2D eigenvalue weighted by Gasteiger charge is 2.04. The van der Waals surface area contributed by atoms with Crippen molar-refractivity contribution in [1.29, 1.82) is 0 Å². The summed E-state index contributed by atoms with van der Waals surface area (Å²) in [4.78, 5) is 11.5. The molecule has 1 N–H and O–H groups in total. The minimum atomic E-state index is -0.216. The number of carbonyl (C=O) groups is 1. The summed E-state index contributed by atoms with van der Waals surface area (Å²) in [6.07, 6.45) is 1.56. The highest BCUT2D eigenvalue weighted by Crippen LogP contribution is 2.16. The van der Waals surface area contributed by atoms with E-state index in [1.54, 1.807) is 42.7 Å². The first-order chi connectivity index (χ1) is 8.74. The van der Waals surface area contributed by atoms with Crippen molar-refractivity contribution in [3.05, 3.63) is 53.4 Å². The molecule has 1 amide bonds. The van der Waals surface area contributed by atoms with Crippen molar-refractivity contribution in [2.45, 2.75) is 6.54 Å². The van der Waals surface area contributed by atoms with Crippen molar-refractivity contribution in [1.82, 2.24) is 5.32 Å². The zero-order valence-corrected chi connectivity index (χ0v) is 10.3. The number of amides is 1. The van der Waals surface area contributed by atoms with Crippen LogP contribution in [-0.2, 0) is 11.3 Å². The standard InChI is InChI=1S/C13H12ClNO3/c14-10-3-1-4-11(7-10)18-9-13(16)15-8-12-5-2-6-17-12/h1-7H,8-9H2,(H,15,16). The molecule has 94 valence electrons. The summed E-state index contributed by atoms with van der Waals surface area (Å²) in [7, 11) is 0. The summed E-state index contributed by atoms with van der Waals surface area (Å²) in [6, 6.07) is 10.5. The summed E-state index contributed by atoms with van der Waals surface area (Å²) < 4.78 is 10.4. The van der Waals surface area contributed by atoms with E-state index < -0.39 is 0 Å². The summed E-state index contributed by atoms with van der Waals surface area (Å²) in [5, 5.41) is 3.25. The topological polar surface area (TPSA) is 51.5 Å². The maximum absolute atomic E-state index is 11.5. The van der Waals surface area contributed by atoms with Crippen LogP contribution in [0.5, 0.6) is 5.75 Å². The fraction of sp³-hybridized carbons (Fsp3) is 0.154. The van der Waals surface area contributed by atoms with Gasteiger partial charge in [0.15, 0.2) is 6.61 Å². The molecule has 0 atom stereocenters. The van der Waals surface area contributed by atoms with E-state index in [0.717, 1.165) is 0 Å². The van der Waals surface area contributed by atoms with Crippen LogP contribution in [-0.4, -0.2) is 12.5 Å². The van der Waals surface area contributed by atoms with Crippen LogP contribution in [0.2, 0.25) is 5.02 Å². The van der Waals surface area contributed by atoms with Crippen LogP contribution in [0.25, 0.3) is 0 Å². The van der Waals surface area contributed by atoms with E-state index in [9.17, 15) is 4.79 Å². The third-order valence-electron chi connectivity index (χ3n) is 2.21. The van der Waals surface area contributed by atoms with Crippen molar-refractivity contribution in [2.75, 3.05) is 6.61 Å². The Bertz CT molecular complexity index is 511. The molecule has 0 radical (unpaired) electrons. The van der Waals surface area contributed by atoms with Gasteiger partial charge in [-0.3, -0.25) is 4.79 Å². The van der Waals surface area contributed by atoms with Crippen molar-refractivity contribution in [3.63, 3.8) is 0 Å². The zero-order valence-electron chi connectivity index (χ0n) is 9.56. The van der Waals surface area contributed by atoms with Crippen molar-refractivity contribution in [2.24, 2.45) is 0 Å². The minimum absolute atomic E-state index is 0.0545. The van der Waals surface area contributed by atoms with Gasteiger partial charge in [-0.25, -0.2) is 0 Å².